The van der Waals surface area contributed by atoms with Crippen LogP contribution in [0.3, 0.4) is 0 Å². The Morgan fingerprint density at radius 3 is 1.77 bits per heavy atom. The van der Waals surface area contributed by atoms with Crippen LogP contribution < -0.4 is 5.73 Å². The fourth-order valence-corrected chi connectivity index (χ4v) is 0.806. The molecule has 0 aliphatic heterocycles. The lowest BCUT2D eigenvalue weighted by Crippen LogP contribution is -2.20. The molecule has 0 aromatic rings. The summed E-state index contributed by atoms with van der Waals surface area (Å²) in [5.74, 6) is 1.44. The highest BCUT2D eigenvalue weighted by atomic mass is 14.6. The minimum Gasteiger partial charge on any atom is -0.327 e. The number of nitrogens with zero attached hydrogens (tertiary/aromatic N) is 1. The van der Waals surface area contributed by atoms with E-state index in [2.05, 4.69) is 34.6 Å². The van der Waals surface area contributed by atoms with Crippen LogP contribution in [0.15, 0.2) is 0 Å². The van der Waals surface area contributed by atoms with Crippen LogP contribution in [-0.2, 0) is 0 Å². The highest BCUT2D eigenvalue weighted by molar-refractivity contribution is 4.78. The normalized spacial score (nSPS) is 11.9. The van der Waals surface area contributed by atoms with Crippen molar-refractivity contribution in [1.82, 2.24) is 0 Å². The molecule has 2 N–H and O–H groups in total. The zero-order chi connectivity index (χ0) is 10.9. The number of nitriles is 1. The van der Waals surface area contributed by atoms with Gasteiger partial charge in [0.15, 0.2) is 0 Å². The summed E-state index contributed by atoms with van der Waals surface area (Å²) in [7, 11) is 0. The van der Waals surface area contributed by atoms with E-state index < -0.39 is 0 Å². The average Bonchev–Trinajstić information content (AvgIpc) is 1.83. The maximum absolute atomic E-state index is 8.22. The smallest absolute Gasteiger partial charge is 0.0638 e. The standard InChI is InChI=1S/C7H14N2.C4H10/c1-6(2)5-7(9)3-4-8;1-4(2)3/h6-7H,3,5,9H2,1-2H3;4H,1-3H3. The number of hydrogen-bond donors (Lipinski definition) is 1. The van der Waals surface area contributed by atoms with Crippen molar-refractivity contribution in [2.24, 2.45) is 17.6 Å². The summed E-state index contributed by atoms with van der Waals surface area (Å²) in [6.07, 6.45) is 1.44. The molecule has 0 saturated carbocycles. The van der Waals surface area contributed by atoms with Crippen molar-refractivity contribution in [3.05, 3.63) is 0 Å². The second-order valence-electron chi connectivity index (χ2n) is 4.48. The summed E-state index contributed by atoms with van der Waals surface area (Å²) in [4.78, 5) is 0. The Labute approximate surface area is 83.1 Å². The van der Waals surface area contributed by atoms with Gasteiger partial charge in [-0.3, -0.25) is 0 Å². The molecule has 0 spiro atoms. The van der Waals surface area contributed by atoms with Gasteiger partial charge in [0, 0.05) is 6.04 Å². The molecule has 0 aliphatic rings. The Kier molecular flexibility index (Phi) is 11.0. The van der Waals surface area contributed by atoms with E-state index in [9.17, 15) is 0 Å². The molecule has 13 heavy (non-hydrogen) atoms. The Morgan fingerprint density at radius 1 is 1.15 bits per heavy atom. The molecule has 0 rings (SSSR count). The van der Waals surface area contributed by atoms with Gasteiger partial charge in [-0.2, -0.15) is 5.26 Å². The molecule has 0 aliphatic carbocycles. The van der Waals surface area contributed by atoms with Crippen LogP contribution in [0.5, 0.6) is 0 Å². The highest BCUT2D eigenvalue weighted by Crippen LogP contribution is 2.04. The van der Waals surface area contributed by atoms with Crippen molar-refractivity contribution in [3.63, 3.8) is 0 Å². The number of nitrogens with two attached hydrogens (primary N) is 1. The molecule has 0 amide bonds. The molecule has 0 aromatic heterocycles. The molecule has 0 heterocycles. The SMILES string of the molecule is CC(C)C.CC(C)CC(N)CC#N. The third-order valence-corrected chi connectivity index (χ3v) is 1.13. The lowest BCUT2D eigenvalue weighted by atomic mass is 10.0. The summed E-state index contributed by atoms with van der Waals surface area (Å²) in [6.45, 7) is 10.7. The first-order valence-electron chi connectivity index (χ1n) is 5.02. The molecule has 1 atom stereocenters. The van der Waals surface area contributed by atoms with Gasteiger partial charge in [0.05, 0.1) is 12.5 Å². The maximum Gasteiger partial charge on any atom is 0.0638 e. The van der Waals surface area contributed by atoms with E-state index in [0.717, 1.165) is 12.3 Å². The summed E-state index contributed by atoms with van der Waals surface area (Å²) in [5, 5.41) is 8.22. The van der Waals surface area contributed by atoms with Gasteiger partial charge >= 0.3 is 0 Å². The predicted molar refractivity (Wildman–Crippen MR) is 58.2 cm³/mol. The Morgan fingerprint density at radius 2 is 1.54 bits per heavy atom. The average molecular weight is 184 g/mol. The first-order chi connectivity index (χ1) is 5.90. The third-order valence-electron chi connectivity index (χ3n) is 1.13. The maximum atomic E-state index is 8.22. The second-order valence-corrected chi connectivity index (χ2v) is 4.48. The first kappa shape index (κ1) is 14.9. The van der Waals surface area contributed by atoms with Crippen LogP contribution in [-0.4, -0.2) is 6.04 Å². The van der Waals surface area contributed by atoms with Crippen LogP contribution >= 0.6 is 0 Å². The number of hydrogen-bond acceptors (Lipinski definition) is 2. The van der Waals surface area contributed by atoms with Crippen LogP contribution in [0, 0.1) is 23.2 Å². The van der Waals surface area contributed by atoms with Crippen molar-refractivity contribution >= 4 is 0 Å². The molecular formula is C11H24N2. The minimum absolute atomic E-state index is 0.0787. The van der Waals surface area contributed by atoms with Crippen molar-refractivity contribution in [2.45, 2.75) is 53.5 Å². The van der Waals surface area contributed by atoms with Gasteiger partial charge in [0.2, 0.25) is 0 Å². The topological polar surface area (TPSA) is 49.8 Å². The molecule has 2 nitrogen and oxygen atoms in total. The molecule has 0 saturated heterocycles. The van der Waals surface area contributed by atoms with Crippen LogP contribution in [0.4, 0.5) is 0 Å². The Bertz CT molecular complexity index is 131. The van der Waals surface area contributed by atoms with Crippen molar-refractivity contribution in [3.8, 4) is 6.07 Å². The van der Waals surface area contributed by atoms with Gasteiger partial charge in [-0.15, -0.1) is 0 Å². The van der Waals surface area contributed by atoms with E-state index in [0.29, 0.717) is 12.3 Å². The quantitative estimate of drug-likeness (QED) is 0.733. The molecule has 1 unspecified atom stereocenters. The van der Waals surface area contributed by atoms with Crippen LogP contribution in [0.1, 0.15) is 47.5 Å². The first-order valence-corrected chi connectivity index (χ1v) is 5.02. The largest absolute Gasteiger partial charge is 0.327 e. The second kappa shape index (κ2) is 9.54. The summed E-state index contributed by atoms with van der Waals surface area (Å²) in [5.41, 5.74) is 5.56. The molecule has 2 heteroatoms. The predicted octanol–water partition coefficient (Wildman–Crippen LogP) is 2.94. The van der Waals surface area contributed by atoms with E-state index >= 15 is 0 Å². The van der Waals surface area contributed by atoms with Gasteiger partial charge in [0.1, 0.15) is 0 Å². The van der Waals surface area contributed by atoms with Crippen molar-refractivity contribution < 1.29 is 0 Å². The summed E-state index contributed by atoms with van der Waals surface area (Å²) in [6, 6.07) is 2.13. The van der Waals surface area contributed by atoms with Crippen molar-refractivity contribution in [2.75, 3.05) is 0 Å². The van der Waals surface area contributed by atoms with Gasteiger partial charge in [-0.05, 0) is 18.3 Å². The van der Waals surface area contributed by atoms with Crippen molar-refractivity contribution in [1.29, 1.82) is 5.26 Å². The fourth-order valence-electron chi connectivity index (χ4n) is 0.806. The molecule has 0 fully saturated rings. The molecule has 0 bridgehead atoms. The van der Waals surface area contributed by atoms with Gasteiger partial charge in [-0.25, -0.2) is 0 Å². The highest BCUT2D eigenvalue weighted by Gasteiger charge is 2.02. The van der Waals surface area contributed by atoms with E-state index in [4.69, 9.17) is 11.0 Å². The molecule has 0 aromatic carbocycles. The lowest BCUT2D eigenvalue weighted by Gasteiger charge is -2.08. The fraction of sp³-hybridized carbons (Fsp3) is 0.909. The Hall–Kier alpha value is -0.550. The van der Waals surface area contributed by atoms with E-state index in [1.54, 1.807) is 0 Å². The zero-order valence-corrected chi connectivity index (χ0v) is 9.67. The van der Waals surface area contributed by atoms with Gasteiger partial charge in [-0.1, -0.05) is 34.6 Å². The van der Waals surface area contributed by atoms with Crippen LogP contribution in [0.2, 0.25) is 0 Å². The van der Waals surface area contributed by atoms with Gasteiger partial charge in [0.25, 0.3) is 0 Å². The Balaban J connectivity index is 0. The number of rotatable bonds is 3. The van der Waals surface area contributed by atoms with Gasteiger partial charge < -0.3 is 5.73 Å². The zero-order valence-electron chi connectivity index (χ0n) is 9.67. The van der Waals surface area contributed by atoms with Crippen LogP contribution in [0.25, 0.3) is 0 Å². The van der Waals surface area contributed by atoms with E-state index in [1.165, 1.54) is 0 Å². The van der Waals surface area contributed by atoms with E-state index in [1.807, 2.05) is 6.07 Å². The summed E-state index contributed by atoms with van der Waals surface area (Å²) < 4.78 is 0. The molecular weight excluding hydrogens is 160 g/mol. The minimum atomic E-state index is 0.0787. The third kappa shape index (κ3) is 24.6. The molecule has 78 valence electrons. The lowest BCUT2D eigenvalue weighted by molar-refractivity contribution is 0.501. The monoisotopic (exact) mass is 184 g/mol. The van der Waals surface area contributed by atoms with E-state index in [-0.39, 0.29) is 6.04 Å². The summed E-state index contributed by atoms with van der Waals surface area (Å²) >= 11 is 0. The molecule has 0 radical (unpaired) electrons.